The third-order valence-corrected chi connectivity index (χ3v) is 3.45. The zero-order valence-electron chi connectivity index (χ0n) is 12.0. The molecule has 0 aliphatic heterocycles. The van der Waals surface area contributed by atoms with Crippen LogP contribution in [0.15, 0.2) is 24.3 Å². The van der Waals surface area contributed by atoms with Crippen LogP contribution in [0.5, 0.6) is 0 Å². The Bertz CT molecular complexity index is 716. The van der Waals surface area contributed by atoms with Crippen molar-refractivity contribution in [3.63, 3.8) is 0 Å². The first-order valence-electron chi connectivity index (χ1n) is 7.05. The summed E-state index contributed by atoms with van der Waals surface area (Å²) in [7, 11) is 0. The van der Waals surface area contributed by atoms with Crippen LogP contribution in [-0.2, 0) is 16.0 Å². The number of aryl methyl sites for hydroxylation is 1. The van der Waals surface area contributed by atoms with Crippen molar-refractivity contribution in [2.24, 2.45) is 0 Å². The van der Waals surface area contributed by atoms with Crippen molar-refractivity contribution in [2.75, 3.05) is 0 Å². The van der Waals surface area contributed by atoms with Gasteiger partial charge in [0, 0.05) is 35.0 Å². The fourth-order valence-electron chi connectivity index (χ4n) is 2.47. The molecular formula is C16H17NO5. The number of hydrogen-bond donors (Lipinski definition) is 3. The van der Waals surface area contributed by atoms with E-state index in [0.29, 0.717) is 24.1 Å². The zero-order chi connectivity index (χ0) is 16.1. The van der Waals surface area contributed by atoms with Gasteiger partial charge in [0.15, 0.2) is 5.78 Å². The summed E-state index contributed by atoms with van der Waals surface area (Å²) in [6.07, 6.45) is 0.602. The third-order valence-electron chi connectivity index (χ3n) is 3.45. The highest BCUT2D eigenvalue weighted by Gasteiger charge is 2.18. The highest BCUT2D eigenvalue weighted by Crippen LogP contribution is 2.25. The molecule has 1 heterocycles. The van der Waals surface area contributed by atoms with Crippen LogP contribution in [0.1, 0.15) is 41.7 Å². The maximum Gasteiger partial charge on any atom is 0.303 e. The number of carbonyl (C=O) groups excluding carboxylic acids is 1. The van der Waals surface area contributed by atoms with Crippen LogP contribution in [0, 0.1) is 0 Å². The minimum atomic E-state index is -1.01. The molecule has 2 aromatic rings. The number of benzene rings is 1. The third kappa shape index (κ3) is 3.72. The lowest BCUT2D eigenvalue weighted by atomic mass is 10.0. The van der Waals surface area contributed by atoms with Crippen molar-refractivity contribution in [3.05, 3.63) is 35.5 Å². The molecule has 0 bridgehead atoms. The topological polar surface area (TPSA) is 107 Å². The van der Waals surface area contributed by atoms with Gasteiger partial charge in [-0.15, -0.1) is 0 Å². The molecule has 0 saturated heterocycles. The van der Waals surface area contributed by atoms with E-state index in [9.17, 15) is 14.4 Å². The van der Waals surface area contributed by atoms with E-state index in [1.165, 1.54) is 0 Å². The second-order valence-corrected chi connectivity index (χ2v) is 5.09. The largest absolute Gasteiger partial charge is 0.481 e. The molecule has 0 amide bonds. The van der Waals surface area contributed by atoms with Gasteiger partial charge in [-0.1, -0.05) is 18.2 Å². The molecule has 2 rings (SSSR count). The summed E-state index contributed by atoms with van der Waals surface area (Å²) in [4.78, 5) is 36.7. The van der Waals surface area contributed by atoms with Gasteiger partial charge in [-0.25, -0.2) is 0 Å². The number of fused-ring (bicyclic) bond motifs is 1. The van der Waals surface area contributed by atoms with Crippen molar-refractivity contribution in [2.45, 2.75) is 32.1 Å². The summed E-state index contributed by atoms with van der Waals surface area (Å²) in [6, 6.07) is 7.29. The Morgan fingerprint density at radius 3 is 2.32 bits per heavy atom. The molecular weight excluding hydrogens is 286 g/mol. The second-order valence-electron chi connectivity index (χ2n) is 5.09. The number of aromatic amines is 1. The summed E-state index contributed by atoms with van der Waals surface area (Å²) >= 11 is 0. The Balaban J connectivity index is 2.29. The monoisotopic (exact) mass is 303 g/mol. The van der Waals surface area contributed by atoms with Crippen LogP contribution in [0.2, 0.25) is 0 Å². The number of carboxylic acids is 2. The molecule has 0 unspecified atom stereocenters. The number of ketones is 1. The fourth-order valence-corrected chi connectivity index (χ4v) is 2.47. The Labute approximate surface area is 126 Å². The number of nitrogens with one attached hydrogen (secondary N) is 1. The summed E-state index contributed by atoms with van der Waals surface area (Å²) in [5.41, 5.74) is 1.96. The van der Waals surface area contributed by atoms with Crippen LogP contribution >= 0.6 is 0 Å². The molecule has 3 N–H and O–H groups in total. The molecule has 6 nitrogen and oxygen atoms in total. The number of carbonyl (C=O) groups is 3. The molecule has 0 spiro atoms. The van der Waals surface area contributed by atoms with E-state index >= 15 is 0 Å². The molecule has 0 aliphatic carbocycles. The van der Waals surface area contributed by atoms with Crippen LogP contribution in [-0.4, -0.2) is 32.9 Å². The van der Waals surface area contributed by atoms with Crippen LogP contribution < -0.4 is 0 Å². The molecule has 1 aromatic heterocycles. The van der Waals surface area contributed by atoms with Crippen LogP contribution in [0.4, 0.5) is 0 Å². The normalized spacial score (nSPS) is 10.7. The van der Waals surface area contributed by atoms with Crippen molar-refractivity contribution in [1.29, 1.82) is 0 Å². The van der Waals surface area contributed by atoms with Gasteiger partial charge in [-0.3, -0.25) is 14.4 Å². The van der Waals surface area contributed by atoms with E-state index in [0.717, 1.165) is 10.9 Å². The van der Waals surface area contributed by atoms with Gasteiger partial charge in [0.1, 0.15) is 0 Å². The number of rotatable bonds is 8. The average Bonchev–Trinajstić information content (AvgIpc) is 2.82. The van der Waals surface area contributed by atoms with Crippen molar-refractivity contribution in [3.8, 4) is 0 Å². The number of aromatic nitrogens is 1. The highest BCUT2D eigenvalue weighted by molar-refractivity contribution is 6.09. The second kappa shape index (κ2) is 6.89. The lowest BCUT2D eigenvalue weighted by Gasteiger charge is -2.03. The van der Waals surface area contributed by atoms with Crippen molar-refractivity contribution in [1.82, 2.24) is 4.98 Å². The maximum atomic E-state index is 12.3. The lowest BCUT2D eigenvalue weighted by Crippen LogP contribution is -2.06. The SMILES string of the molecule is O=C(O)CCCc1[nH]c2ccccc2c1C(=O)CCC(=O)O. The number of aliphatic carboxylic acids is 2. The molecule has 6 heteroatoms. The first kappa shape index (κ1) is 15.8. The number of para-hydroxylation sites is 1. The van der Waals surface area contributed by atoms with Gasteiger partial charge in [-0.2, -0.15) is 0 Å². The van der Waals surface area contributed by atoms with Gasteiger partial charge < -0.3 is 15.2 Å². The molecule has 0 fully saturated rings. The molecule has 116 valence electrons. The smallest absolute Gasteiger partial charge is 0.303 e. The molecule has 0 radical (unpaired) electrons. The molecule has 22 heavy (non-hydrogen) atoms. The standard InChI is InChI=1S/C16H17NO5/c18-13(8-9-15(21)22)16-10-4-1-2-5-11(10)17-12(16)6-3-7-14(19)20/h1-2,4-5,17H,3,6-9H2,(H,19,20)(H,21,22). The Kier molecular flexibility index (Phi) is 4.93. The van der Waals surface area contributed by atoms with Gasteiger partial charge in [0.05, 0.1) is 6.42 Å². The summed E-state index contributed by atoms with van der Waals surface area (Å²) in [5.74, 6) is -2.12. The number of Topliss-reactive ketones (excluding diaryl/α,β-unsaturated/α-hetero) is 1. The van der Waals surface area contributed by atoms with Crippen LogP contribution in [0.25, 0.3) is 10.9 Å². The predicted octanol–water partition coefficient (Wildman–Crippen LogP) is 2.62. The minimum absolute atomic E-state index is 0.0259. The fraction of sp³-hybridized carbons (Fsp3) is 0.312. The van der Waals surface area contributed by atoms with Gasteiger partial charge in [0.25, 0.3) is 0 Å². The molecule has 0 aliphatic rings. The molecule has 1 aromatic carbocycles. The maximum absolute atomic E-state index is 12.3. The van der Waals surface area contributed by atoms with Crippen molar-refractivity contribution < 1.29 is 24.6 Å². The highest BCUT2D eigenvalue weighted by atomic mass is 16.4. The Morgan fingerprint density at radius 2 is 1.64 bits per heavy atom. The first-order valence-corrected chi connectivity index (χ1v) is 7.05. The van der Waals surface area contributed by atoms with Gasteiger partial charge in [-0.05, 0) is 18.9 Å². The number of H-pyrrole nitrogens is 1. The number of carboxylic acid groups (broad SMARTS) is 2. The average molecular weight is 303 g/mol. The van der Waals surface area contributed by atoms with Crippen molar-refractivity contribution >= 4 is 28.6 Å². The summed E-state index contributed by atoms with van der Waals surface area (Å²) in [5, 5.41) is 18.2. The van der Waals surface area contributed by atoms with Crippen LogP contribution in [0.3, 0.4) is 0 Å². The van der Waals surface area contributed by atoms with E-state index in [2.05, 4.69) is 4.98 Å². The summed E-state index contributed by atoms with van der Waals surface area (Å²) < 4.78 is 0. The van der Waals surface area contributed by atoms with Gasteiger partial charge >= 0.3 is 11.9 Å². The van der Waals surface area contributed by atoms with E-state index in [-0.39, 0.29) is 25.0 Å². The Hall–Kier alpha value is -2.63. The molecule has 0 saturated carbocycles. The first-order chi connectivity index (χ1) is 10.5. The lowest BCUT2D eigenvalue weighted by molar-refractivity contribution is -0.138. The predicted molar refractivity (Wildman–Crippen MR) is 80.1 cm³/mol. The molecule has 0 atom stereocenters. The summed E-state index contributed by atoms with van der Waals surface area (Å²) in [6.45, 7) is 0. The number of hydrogen-bond acceptors (Lipinski definition) is 3. The van der Waals surface area contributed by atoms with E-state index in [1.807, 2.05) is 18.2 Å². The van der Waals surface area contributed by atoms with E-state index in [4.69, 9.17) is 10.2 Å². The van der Waals surface area contributed by atoms with E-state index in [1.54, 1.807) is 6.07 Å². The zero-order valence-corrected chi connectivity index (χ0v) is 12.0. The quantitative estimate of drug-likeness (QED) is 0.650. The van der Waals surface area contributed by atoms with E-state index < -0.39 is 11.9 Å². The minimum Gasteiger partial charge on any atom is -0.481 e. The van der Waals surface area contributed by atoms with Gasteiger partial charge in [0.2, 0.25) is 0 Å². The Morgan fingerprint density at radius 1 is 0.955 bits per heavy atom.